The summed E-state index contributed by atoms with van der Waals surface area (Å²) in [7, 11) is 1.92. The van der Waals surface area contributed by atoms with Gasteiger partial charge in [-0.05, 0) is 56.6 Å². The average molecular weight is 466 g/mol. The fraction of sp³-hybridized carbons (Fsp3) is 0.542. The zero-order valence-corrected chi connectivity index (χ0v) is 19.4. The van der Waals surface area contributed by atoms with Gasteiger partial charge in [0.2, 0.25) is 0 Å². The van der Waals surface area contributed by atoms with Crippen molar-refractivity contribution in [2.75, 3.05) is 18.0 Å². The summed E-state index contributed by atoms with van der Waals surface area (Å²) in [4.78, 5) is 26.7. The van der Waals surface area contributed by atoms with Gasteiger partial charge in [-0.3, -0.25) is 9.89 Å². The SMILES string of the molecule is Cn1ccnc1-c1nc(-c2ccc(N3CCC(OC4CCC(CC(=O)O)CC4)CC3)nc2)n[nH]1. The molecule has 0 bridgehead atoms. The number of H-pyrrole nitrogens is 1. The highest BCUT2D eigenvalue weighted by Crippen LogP contribution is 2.31. The monoisotopic (exact) mass is 465 g/mol. The van der Waals surface area contributed by atoms with Crippen molar-refractivity contribution < 1.29 is 14.6 Å². The van der Waals surface area contributed by atoms with Gasteiger partial charge in [-0.25, -0.2) is 15.0 Å². The van der Waals surface area contributed by atoms with Crippen LogP contribution in [0, 0.1) is 5.92 Å². The van der Waals surface area contributed by atoms with Gasteiger partial charge >= 0.3 is 5.97 Å². The summed E-state index contributed by atoms with van der Waals surface area (Å²) in [5.74, 6) is 2.55. The lowest BCUT2D eigenvalue weighted by molar-refractivity contribution is -0.138. The lowest BCUT2D eigenvalue weighted by Gasteiger charge is -2.36. The van der Waals surface area contributed by atoms with Crippen LogP contribution in [0.5, 0.6) is 0 Å². The van der Waals surface area contributed by atoms with Crippen LogP contribution in [0.1, 0.15) is 44.9 Å². The Kier molecular flexibility index (Phi) is 6.57. The molecule has 0 amide bonds. The predicted octanol–water partition coefficient (Wildman–Crippen LogP) is 3.29. The number of piperidine rings is 1. The van der Waals surface area contributed by atoms with Gasteiger partial charge in [-0.2, -0.15) is 5.10 Å². The van der Waals surface area contributed by atoms with Gasteiger partial charge in [0.1, 0.15) is 5.82 Å². The molecule has 1 saturated carbocycles. The van der Waals surface area contributed by atoms with E-state index < -0.39 is 5.97 Å². The van der Waals surface area contributed by atoms with Crippen molar-refractivity contribution in [2.24, 2.45) is 13.0 Å². The van der Waals surface area contributed by atoms with E-state index in [1.807, 2.05) is 36.1 Å². The number of anilines is 1. The van der Waals surface area contributed by atoms with E-state index in [4.69, 9.17) is 9.84 Å². The molecule has 10 nitrogen and oxygen atoms in total. The molecule has 10 heteroatoms. The Morgan fingerprint density at radius 1 is 1.12 bits per heavy atom. The minimum absolute atomic E-state index is 0.273. The Morgan fingerprint density at radius 3 is 2.53 bits per heavy atom. The number of aromatic amines is 1. The molecule has 0 unspecified atom stereocenters. The first-order valence-electron chi connectivity index (χ1n) is 12.0. The van der Waals surface area contributed by atoms with E-state index in [0.29, 0.717) is 24.0 Å². The number of hydrogen-bond acceptors (Lipinski definition) is 7. The summed E-state index contributed by atoms with van der Waals surface area (Å²) < 4.78 is 8.26. The van der Waals surface area contributed by atoms with Crippen LogP contribution in [0.15, 0.2) is 30.7 Å². The van der Waals surface area contributed by atoms with Gasteiger partial charge in [-0.1, -0.05) is 0 Å². The van der Waals surface area contributed by atoms with Gasteiger partial charge in [0.15, 0.2) is 17.5 Å². The molecule has 5 rings (SSSR count). The van der Waals surface area contributed by atoms with Crippen LogP contribution in [0.2, 0.25) is 0 Å². The largest absolute Gasteiger partial charge is 0.481 e. The fourth-order valence-corrected chi connectivity index (χ4v) is 5.00. The Morgan fingerprint density at radius 2 is 1.88 bits per heavy atom. The van der Waals surface area contributed by atoms with E-state index >= 15 is 0 Å². The number of aliphatic carboxylic acids is 1. The molecule has 3 aromatic rings. The number of aryl methyl sites for hydroxylation is 1. The van der Waals surface area contributed by atoms with E-state index in [2.05, 4.69) is 30.0 Å². The van der Waals surface area contributed by atoms with E-state index in [1.54, 1.807) is 6.20 Å². The number of hydrogen-bond donors (Lipinski definition) is 2. The summed E-state index contributed by atoms with van der Waals surface area (Å²) in [5.41, 5.74) is 0.858. The number of imidazole rings is 1. The number of carboxylic acid groups (broad SMARTS) is 1. The first-order valence-corrected chi connectivity index (χ1v) is 12.0. The second-order valence-corrected chi connectivity index (χ2v) is 9.34. The number of rotatable bonds is 7. The molecule has 2 aliphatic rings. The molecule has 4 heterocycles. The van der Waals surface area contributed by atoms with Crippen molar-refractivity contribution in [2.45, 2.75) is 57.2 Å². The Labute approximate surface area is 198 Å². The molecule has 180 valence electrons. The third kappa shape index (κ3) is 5.11. The molecule has 0 aromatic carbocycles. The van der Waals surface area contributed by atoms with Crippen LogP contribution in [0.25, 0.3) is 23.0 Å². The van der Waals surface area contributed by atoms with Crippen LogP contribution >= 0.6 is 0 Å². The summed E-state index contributed by atoms with van der Waals surface area (Å²) in [6.07, 6.45) is 12.1. The summed E-state index contributed by atoms with van der Waals surface area (Å²) in [5, 5.41) is 16.3. The number of carboxylic acids is 1. The molecule has 1 saturated heterocycles. The van der Waals surface area contributed by atoms with Crippen molar-refractivity contribution in [3.63, 3.8) is 0 Å². The van der Waals surface area contributed by atoms with Gasteiger partial charge in [0.05, 0.1) is 12.2 Å². The molecular formula is C24H31N7O3. The van der Waals surface area contributed by atoms with E-state index in [9.17, 15) is 4.79 Å². The van der Waals surface area contributed by atoms with Gasteiger partial charge in [0, 0.05) is 50.7 Å². The summed E-state index contributed by atoms with van der Waals surface area (Å²) >= 11 is 0. The van der Waals surface area contributed by atoms with E-state index in [0.717, 1.165) is 68.8 Å². The maximum absolute atomic E-state index is 10.9. The molecule has 0 radical (unpaired) electrons. The van der Waals surface area contributed by atoms with E-state index in [-0.39, 0.29) is 12.2 Å². The third-order valence-electron chi connectivity index (χ3n) is 6.93. The molecular weight excluding hydrogens is 434 g/mol. The van der Waals surface area contributed by atoms with Crippen molar-refractivity contribution in [3.8, 4) is 23.0 Å². The number of nitrogens with zero attached hydrogens (tertiary/aromatic N) is 6. The lowest BCUT2D eigenvalue weighted by Crippen LogP contribution is -2.39. The molecule has 34 heavy (non-hydrogen) atoms. The molecule has 0 atom stereocenters. The minimum atomic E-state index is -0.687. The first kappa shape index (κ1) is 22.5. The van der Waals surface area contributed by atoms with Crippen LogP contribution in [0.3, 0.4) is 0 Å². The second-order valence-electron chi connectivity index (χ2n) is 9.34. The molecule has 2 N–H and O–H groups in total. The van der Waals surface area contributed by atoms with E-state index in [1.165, 1.54) is 0 Å². The van der Waals surface area contributed by atoms with Gasteiger partial charge in [-0.15, -0.1) is 0 Å². The van der Waals surface area contributed by atoms with Crippen LogP contribution < -0.4 is 4.90 Å². The highest BCUT2D eigenvalue weighted by atomic mass is 16.5. The number of carbonyl (C=O) groups is 1. The maximum atomic E-state index is 10.9. The summed E-state index contributed by atoms with van der Waals surface area (Å²) in [6, 6.07) is 4.03. The fourth-order valence-electron chi connectivity index (χ4n) is 5.00. The maximum Gasteiger partial charge on any atom is 0.303 e. The summed E-state index contributed by atoms with van der Waals surface area (Å²) in [6.45, 7) is 1.82. The first-order chi connectivity index (χ1) is 16.5. The zero-order chi connectivity index (χ0) is 23.5. The standard InChI is InChI=1S/C24H31N7O3/c1-30-13-10-25-24(30)23-27-22(28-29-23)17-4-7-20(26-15-17)31-11-8-19(9-12-31)34-18-5-2-16(3-6-18)14-21(32)33/h4,7,10,13,15-16,18-19H,2-3,5-6,8-9,11-12,14H2,1H3,(H,32,33)(H,27,28,29). The normalized spacial score (nSPS) is 21.6. The zero-order valence-electron chi connectivity index (χ0n) is 19.4. The van der Waals surface area contributed by atoms with Crippen molar-refractivity contribution in [1.82, 2.24) is 29.7 Å². The Bertz CT molecular complexity index is 1090. The Hall–Kier alpha value is -3.27. The smallest absolute Gasteiger partial charge is 0.303 e. The van der Waals surface area contributed by atoms with Crippen molar-refractivity contribution >= 4 is 11.8 Å². The highest BCUT2D eigenvalue weighted by molar-refractivity contribution is 5.67. The lowest BCUT2D eigenvalue weighted by atomic mass is 9.85. The van der Waals surface area contributed by atoms with Gasteiger partial charge < -0.3 is 19.3 Å². The molecule has 2 fully saturated rings. The third-order valence-corrected chi connectivity index (χ3v) is 6.93. The van der Waals surface area contributed by atoms with Gasteiger partial charge in [0.25, 0.3) is 0 Å². The minimum Gasteiger partial charge on any atom is -0.481 e. The van der Waals surface area contributed by atoms with Crippen LogP contribution in [-0.4, -0.2) is 66.1 Å². The second kappa shape index (κ2) is 9.92. The quantitative estimate of drug-likeness (QED) is 0.545. The van der Waals surface area contributed by atoms with Crippen molar-refractivity contribution in [1.29, 1.82) is 0 Å². The van der Waals surface area contributed by atoms with Crippen LogP contribution in [-0.2, 0) is 16.6 Å². The number of aromatic nitrogens is 6. The average Bonchev–Trinajstić information content (AvgIpc) is 3.50. The number of ether oxygens (including phenoxy) is 1. The topological polar surface area (TPSA) is 122 Å². The predicted molar refractivity (Wildman–Crippen MR) is 126 cm³/mol. The van der Waals surface area contributed by atoms with Crippen LogP contribution in [0.4, 0.5) is 5.82 Å². The Balaban J connectivity index is 1.11. The highest BCUT2D eigenvalue weighted by Gasteiger charge is 2.28. The molecule has 1 aliphatic heterocycles. The molecule has 3 aromatic heterocycles. The molecule has 1 aliphatic carbocycles. The molecule has 0 spiro atoms. The van der Waals surface area contributed by atoms with Crippen molar-refractivity contribution in [3.05, 3.63) is 30.7 Å². The number of nitrogens with one attached hydrogen (secondary N) is 1. The number of pyridine rings is 1.